The molecule has 108 valence electrons. The number of aldehydes is 1. The highest BCUT2D eigenvalue weighted by atomic mass is 16.5. The molecule has 1 amide bonds. The lowest BCUT2D eigenvalue weighted by Gasteiger charge is -2.32. The first kappa shape index (κ1) is 14.6. The van der Waals surface area contributed by atoms with Crippen molar-refractivity contribution in [1.29, 1.82) is 0 Å². The Balaban J connectivity index is 1.95. The molecule has 4 heteroatoms. The molecule has 0 saturated carbocycles. The SMILES string of the molecule is CC1CCN(C(=O)C(C)Oc2cccc(C=O)c2)CC1. The Morgan fingerprint density at radius 1 is 1.40 bits per heavy atom. The number of likely N-dealkylation sites (tertiary alicyclic amines) is 1. The maximum absolute atomic E-state index is 12.3. The van der Waals surface area contributed by atoms with Crippen LogP contribution in [0.15, 0.2) is 24.3 Å². The van der Waals surface area contributed by atoms with Crippen LogP contribution in [0.5, 0.6) is 5.75 Å². The first-order valence-corrected chi connectivity index (χ1v) is 7.11. The van der Waals surface area contributed by atoms with Gasteiger partial charge in [0, 0.05) is 18.7 Å². The third kappa shape index (κ3) is 3.59. The minimum absolute atomic E-state index is 0.0217. The van der Waals surface area contributed by atoms with Crippen LogP contribution in [0.1, 0.15) is 37.0 Å². The monoisotopic (exact) mass is 275 g/mol. The van der Waals surface area contributed by atoms with Gasteiger partial charge in [-0.2, -0.15) is 0 Å². The molecule has 0 bridgehead atoms. The van der Waals surface area contributed by atoms with Crippen LogP contribution in [0, 0.1) is 5.92 Å². The van der Waals surface area contributed by atoms with Gasteiger partial charge in [-0.1, -0.05) is 19.1 Å². The molecule has 1 aliphatic heterocycles. The fraction of sp³-hybridized carbons (Fsp3) is 0.500. The molecule has 1 fully saturated rings. The fourth-order valence-electron chi connectivity index (χ4n) is 2.40. The summed E-state index contributed by atoms with van der Waals surface area (Å²) in [6, 6.07) is 6.86. The molecule has 0 aromatic heterocycles. The summed E-state index contributed by atoms with van der Waals surface area (Å²) in [5.41, 5.74) is 0.550. The number of hydrogen-bond donors (Lipinski definition) is 0. The summed E-state index contributed by atoms with van der Waals surface area (Å²) in [5.74, 6) is 1.27. The van der Waals surface area contributed by atoms with Crippen LogP contribution >= 0.6 is 0 Å². The van der Waals surface area contributed by atoms with Crippen LogP contribution in [0.3, 0.4) is 0 Å². The highest BCUT2D eigenvalue weighted by Gasteiger charge is 2.25. The molecule has 1 unspecified atom stereocenters. The van der Waals surface area contributed by atoms with E-state index >= 15 is 0 Å². The van der Waals surface area contributed by atoms with Gasteiger partial charge in [0.1, 0.15) is 12.0 Å². The van der Waals surface area contributed by atoms with Gasteiger partial charge in [-0.25, -0.2) is 0 Å². The van der Waals surface area contributed by atoms with E-state index in [-0.39, 0.29) is 5.91 Å². The van der Waals surface area contributed by atoms with Crippen molar-refractivity contribution in [2.75, 3.05) is 13.1 Å². The van der Waals surface area contributed by atoms with Crippen molar-refractivity contribution in [1.82, 2.24) is 4.90 Å². The van der Waals surface area contributed by atoms with Crippen molar-refractivity contribution >= 4 is 12.2 Å². The molecule has 0 radical (unpaired) electrons. The normalized spacial score (nSPS) is 17.6. The largest absolute Gasteiger partial charge is 0.481 e. The zero-order valence-electron chi connectivity index (χ0n) is 12.0. The molecule has 0 spiro atoms. The molecule has 1 saturated heterocycles. The summed E-state index contributed by atoms with van der Waals surface area (Å²) in [4.78, 5) is 24.9. The lowest BCUT2D eigenvalue weighted by atomic mass is 9.99. The van der Waals surface area contributed by atoms with Crippen LogP contribution in [-0.4, -0.2) is 36.3 Å². The Hall–Kier alpha value is -1.84. The van der Waals surface area contributed by atoms with E-state index in [0.29, 0.717) is 17.2 Å². The van der Waals surface area contributed by atoms with Crippen molar-refractivity contribution in [2.24, 2.45) is 5.92 Å². The Morgan fingerprint density at radius 2 is 2.10 bits per heavy atom. The molecule has 2 rings (SSSR count). The van der Waals surface area contributed by atoms with Crippen molar-refractivity contribution in [3.63, 3.8) is 0 Å². The maximum atomic E-state index is 12.3. The Morgan fingerprint density at radius 3 is 2.75 bits per heavy atom. The average molecular weight is 275 g/mol. The molecule has 20 heavy (non-hydrogen) atoms. The molecule has 1 aromatic rings. The molecule has 0 aliphatic carbocycles. The summed E-state index contributed by atoms with van der Waals surface area (Å²) in [6.07, 6.45) is 2.36. The van der Waals surface area contributed by atoms with E-state index in [1.807, 2.05) is 4.90 Å². The summed E-state index contributed by atoms with van der Waals surface area (Å²) in [7, 11) is 0. The second kappa shape index (κ2) is 6.55. The van der Waals surface area contributed by atoms with Gasteiger partial charge in [0.15, 0.2) is 6.10 Å². The number of nitrogens with zero attached hydrogens (tertiary/aromatic N) is 1. The molecule has 0 N–H and O–H groups in total. The van der Waals surface area contributed by atoms with Crippen LogP contribution in [-0.2, 0) is 4.79 Å². The van der Waals surface area contributed by atoms with E-state index in [9.17, 15) is 9.59 Å². The number of amides is 1. The van der Waals surface area contributed by atoms with Gasteiger partial charge in [-0.3, -0.25) is 9.59 Å². The van der Waals surface area contributed by atoms with Crippen LogP contribution in [0.25, 0.3) is 0 Å². The zero-order valence-corrected chi connectivity index (χ0v) is 12.0. The number of ether oxygens (including phenoxy) is 1. The highest BCUT2D eigenvalue weighted by molar-refractivity contribution is 5.81. The molecule has 4 nitrogen and oxygen atoms in total. The first-order chi connectivity index (χ1) is 9.60. The van der Waals surface area contributed by atoms with Gasteiger partial charge in [0.05, 0.1) is 0 Å². The molecular formula is C16H21NO3. The summed E-state index contributed by atoms with van der Waals surface area (Å²) < 4.78 is 5.65. The van der Waals surface area contributed by atoms with Gasteiger partial charge in [0.25, 0.3) is 5.91 Å². The van der Waals surface area contributed by atoms with E-state index in [1.165, 1.54) is 0 Å². The number of piperidine rings is 1. The third-order valence-corrected chi connectivity index (χ3v) is 3.75. The smallest absolute Gasteiger partial charge is 0.263 e. The Labute approximate surface area is 119 Å². The zero-order chi connectivity index (χ0) is 14.5. The number of benzene rings is 1. The minimum Gasteiger partial charge on any atom is -0.481 e. The van der Waals surface area contributed by atoms with E-state index in [4.69, 9.17) is 4.74 Å². The number of carbonyl (C=O) groups excluding carboxylic acids is 2. The van der Waals surface area contributed by atoms with Gasteiger partial charge in [-0.05, 0) is 37.8 Å². The van der Waals surface area contributed by atoms with Crippen LogP contribution < -0.4 is 4.74 Å². The molecule has 1 aromatic carbocycles. The van der Waals surface area contributed by atoms with Gasteiger partial charge >= 0.3 is 0 Å². The Bertz CT molecular complexity index is 478. The van der Waals surface area contributed by atoms with E-state index < -0.39 is 6.10 Å². The van der Waals surface area contributed by atoms with Crippen molar-refractivity contribution in [3.8, 4) is 5.75 Å². The van der Waals surface area contributed by atoms with Gasteiger partial charge in [0.2, 0.25) is 0 Å². The number of hydrogen-bond acceptors (Lipinski definition) is 3. The quantitative estimate of drug-likeness (QED) is 0.793. The lowest BCUT2D eigenvalue weighted by molar-refractivity contribution is -0.139. The summed E-state index contributed by atoms with van der Waals surface area (Å²) in [6.45, 7) is 5.59. The molecule has 1 heterocycles. The molecular weight excluding hydrogens is 254 g/mol. The first-order valence-electron chi connectivity index (χ1n) is 7.11. The Kier molecular flexibility index (Phi) is 4.77. The summed E-state index contributed by atoms with van der Waals surface area (Å²) in [5, 5.41) is 0. The average Bonchev–Trinajstić information content (AvgIpc) is 2.47. The predicted molar refractivity (Wildman–Crippen MR) is 76.9 cm³/mol. The topological polar surface area (TPSA) is 46.6 Å². The van der Waals surface area contributed by atoms with E-state index in [2.05, 4.69) is 6.92 Å². The lowest BCUT2D eigenvalue weighted by Crippen LogP contribution is -2.44. The van der Waals surface area contributed by atoms with Gasteiger partial charge in [-0.15, -0.1) is 0 Å². The third-order valence-electron chi connectivity index (χ3n) is 3.75. The standard InChI is InChI=1S/C16H21NO3/c1-12-6-8-17(9-7-12)16(19)13(2)20-15-5-3-4-14(10-15)11-18/h3-5,10-13H,6-9H2,1-2H3. The maximum Gasteiger partial charge on any atom is 0.263 e. The number of rotatable bonds is 4. The minimum atomic E-state index is -0.523. The summed E-state index contributed by atoms with van der Waals surface area (Å²) >= 11 is 0. The highest BCUT2D eigenvalue weighted by Crippen LogP contribution is 2.19. The van der Waals surface area contributed by atoms with E-state index in [1.54, 1.807) is 31.2 Å². The fourth-order valence-corrected chi connectivity index (χ4v) is 2.40. The van der Waals surface area contributed by atoms with Crippen LogP contribution in [0.4, 0.5) is 0 Å². The van der Waals surface area contributed by atoms with Crippen LogP contribution in [0.2, 0.25) is 0 Å². The molecule has 1 atom stereocenters. The number of carbonyl (C=O) groups is 2. The van der Waals surface area contributed by atoms with Crippen molar-refractivity contribution in [2.45, 2.75) is 32.8 Å². The second-order valence-corrected chi connectivity index (χ2v) is 5.46. The second-order valence-electron chi connectivity index (χ2n) is 5.46. The van der Waals surface area contributed by atoms with Gasteiger partial charge < -0.3 is 9.64 Å². The van der Waals surface area contributed by atoms with Crippen molar-refractivity contribution < 1.29 is 14.3 Å². The van der Waals surface area contributed by atoms with E-state index in [0.717, 1.165) is 32.2 Å². The molecule has 1 aliphatic rings. The van der Waals surface area contributed by atoms with Crippen molar-refractivity contribution in [3.05, 3.63) is 29.8 Å². The predicted octanol–water partition coefficient (Wildman–Crippen LogP) is 2.52.